The van der Waals surface area contributed by atoms with E-state index in [2.05, 4.69) is 5.32 Å². The molecule has 0 amide bonds. The summed E-state index contributed by atoms with van der Waals surface area (Å²) in [7, 11) is -3.16. The minimum absolute atomic E-state index is 0.280. The van der Waals surface area contributed by atoms with Crippen molar-refractivity contribution in [3.05, 3.63) is 24.3 Å². The molecule has 0 aliphatic carbocycles. The molecule has 0 aromatic heterocycles. The molecule has 1 rings (SSSR count). The van der Waals surface area contributed by atoms with Crippen LogP contribution >= 0.6 is 0 Å². The van der Waals surface area contributed by atoms with E-state index in [9.17, 15) is 13.5 Å². The average molecular weight is 273 g/mol. The fourth-order valence-electron chi connectivity index (χ4n) is 1.37. The zero-order chi connectivity index (χ0) is 13.6. The maximum absolute atomic E-state index is 11.3. The lowest BCUT2D eigenvalue weighted by molar-refractivity contribution is 0.0496. The van der Waals surface area contributed by atoms with Gasteiger partial charge in [0.25, 0.3) is 0 Å². The molecule has 0 bridgehead atoms. The van der Waals surface area contributed by atoms with Crippen LogP contribution in [-0.2, 0) is 14.6 Å². The van der Waals surface area contributed by atoms with Gasteiger partial charge in [0.05, 0.1) is 17.6 Å². The maximum atomic E-state index is 11.3. The summed E-state index contributed by atoms with van der Waals surface area (Å²) in [6, 6.07) is 6.41. The van der Waals surface area contributed by atoms with Crippen molar-refractivity contribution in [2.24, 2.45) is 0 Å². The number of anilines is 1. The quantitative estimate of drug-likeness (QED) is 0.772. The molecule has 1 unspecified atom stereocenters. The molecular formula is C12H19NO4S. The van der Waals surface area contributed by atoms with Gasteiger partial charge in [-0.3, -0.25) is 0 Å². The lowest BCUT2D eigenvalue weighted by atomic mass is 10.3. The van der Waals surface area contributed by atoms with E-state index >= 15 is 0 Å². The number of benzene rings is 1. The van der Waals surface area contributed by atoms with Crippen LogP contribution in [0.1, 0.15) is 6.92 Å². The summed E-state index contributed by atoms with van der Waals surface area (Å²) in [6.45, 7) is 3.08. The lowest BCUT2D eigenvalue weighted by Gasteiger charge is -2.12. The van der Waals surface area contributed by atoms with E-state index in [1.54, 1.807) is 12.1 Å². The van der Waals surface area contributed by atoms with Crippen LogP contribution in [0.5, 0.6) is 0 Å². The Bertz CT molecular complexity index is 455. The number of hydrogen-bond acceptors (Lipinski definition) is 5. The Balaban J connectivity index is 2.49. The third-order valence-electron chi connectivity index (χ3n) is 2.34. The monoisotopic (exact) mass is 273 g/mol. The van der Waals surface area contributed by atoms with Gasteiger partial charge in [-0.1, -0.05) is 0 Å². The molecule has 6 heteroatoms. The van der Waals surface area contributed by atoms with Gasteiger partial charge in [-0.2, -0.15) is 0 Å². The Hall–Kier alpha value is -1.11. The number of aliphatic hydroxyl groups excluding tert-OH is 1. The number of rotatable bonds is 7. The molecule has 0 aliphatic heterocycles. The van der Waals surface area contributed by atoms with Crippen LogP contribution in [0.15, 0.2) is 29.2 Å². The van der Waals surface area contributed by atoms with Crippen LogP contribution in [0.4, 0.5) is 5.69 Å². The zero-order valence-corrected chi connectivity index (χ0v) is 11.4. The second kappa shape index (κ2) is 6.72. The number of nitrogens with one attached hydrogen (secondary N) is 1. The number of ether oxygens (including phenoxy) is 1. The Morgan fingerprint density at radius 1 is 1.33 bits per heavy atom. The van der Waals surface area contributed by atoms with Gasteiger partial charge in [0.15, 0.2) is 9.84 Å². The molecule has 0 saturated heterocycles. The molecule has 5 nitrogen and oxygen atoms in total. The van der Waals surface area contributed by atoms with Gasteiger partial charge in [-0.25, -0.2) is 8.42 Å². The van der Waals surface area contributed by atoms with Crippen molar-refractivity contribution in [3.63, 3.8) is 0 Å². The minimum atomic E-state index is -3.16. The summed E-state index contributed by atoms with van der Waals surface area (Å²) >= 11 is 0. The Morgan fingerprint density at radius 3 is 2.44 bits per heavy atom. The first-order valence-corrected chi connectivity index (χ1v) is 7.62. The molecule has 102 valence electrons. The molecule has 0 aliphatic rings. The van der Waals surface area contributed by atoms with Gasteiger partial charge >= 0.3 is 0 Å². The van der Waals surface area contributed by atoms with Crippen molar-refractivity contribution in [1.82, 2.24) is 0 Å². The van der Waals surface area contributed by atoms with Crippen LogP contribution in [0.25, 0.3) is 0 Å². The highest BCUT2D eigenvalue weighted by Gasteiger charge is 2.07. The fourth-order valence-corrected chi connectivity index (χ4v) is 2.00. The zero-order valence-electron chi connectivity index (χ0n) is 10.6. The number of aliphatic hydroxyl groups is 1. The third-order valence-corrected chi connectivity index (χ3v) is 3.47. The van der Waals surface area contributed by atoms with Gasteiger partial charge in [-0.05, 0) is 31.2 Å². The summed E-state index contributed by atoms with van der Waals surface area (Å²) in [5.41, 5.74) is 0.762. The molecule has 18 heavy (non-hydrogen) atoms. The molecule has 1 atom stereocenters. The van der Waals surface area contributed by atoms with Gasteiger partial charge in [0, 0.05) is 25.1 Å². The summed E-state index contributed by atoms with van der Waals surface area (Å²) in [6.07, 6.45) is 0.584. The van der Waals surface area contributed by atoms with Crippen molar-refractivity contribution in [2.75, 3.05) is 31.3 Å². The SMILES string of the molecule is CCOCC(O)CNc1ccc(S(C)(=O)=O)cc1. The molecule has 0 spiro atoms. The highest BCUT2D eigenvalue weighted by Crippen LogP contribution is 2.13. The predicted octanol–water partition coefficient (Wildman–Crippen LogP) is 0.899. The third kappa shape index (κ3) is 5.03. The molecule has 0 heterocycles. The largest absolute Gasteiger partial charge is 0.389 e. The van der Waals surface area contributed by atoms with Gasteiger partial charge in [0.2, 0.25) is 0 Å². The van der Waals surface area contributed by atoms with Crippen LogP contribution in [0.3, 0.4) is 0 Å². The summed E-state index contributed by atoms with van der Waals surface area (Å²) in [5.74, 6) is 0. The van der Waals surface area contributed by atoms with Gasteiger partial charge in [0.1, 0.15) is 0 Å². The van der Waals surface area contributed by atoms with E-state index in [0.29, 0.717) is 13.2 Å². The van der Waals surface area contributed by atoms with Crippen LogP contribution in [-0.4, -0.2) is 45.6 Å². The number of sulfone groups is 1. The van der Waals surface area contributed by atoms with Crippen LogP contribution < -0.4 is 5.32 Å². The van der Waals surface area contributed by atoms with Gasteiger partial charge < -0.3 is 15.2 Å². The summed E-state index contributed by atoms with van der Waals surface area (Å²) in [5, 5.41) is 12.5. The second-order valence-electron chi connectivity index (χ2n) is 3.99. The molecule has 2 N–H and O–H groups in total. The molecule has 1 aromatic carbocycles. The maximum Gasteiger partial charge on any atom is 0.175 e. The van der Waals surface area contributed by atoms with Crippen molar-refractivity contribution >= 4 is 15.5 Å². The first-order valence-electron chi connectivity index (χ1n) is 5.73. The van der Waals surface area contributed by atoms with Crippen molar-refractivity contribution in [1.29, 1.82) is 0 Å². The lowest BCUT2D eigenvalue weighted by Crippen LogP contribution is -2.24. The Labute approximate surface area is 108 Å². The highest BCUT2D eigenvalue weighted by molar-refractivity contribution is 7.90. The van der Waals surface area contributed by atoms with Crippen LogP contribution in [0, 0.1) is 0 Å². The van der Waals surface area contributed by atoms with Crippen LogP contribution in [0.2, 0.25) is 0 Å². The van der Waals surface area contributed by atoms with E-state index in [1.807, 2.05) is 6.92 Å². The molecule has 0 fully saturated rings. The normalized spacial score (nSPS) is 13.3. The molecule has 0 radical (unpaired) electrons. The average Bonchev–Trinajstić information content (AvgIpc) is 2.33. The standard InChI is InChI=1S/C12H19NO4S/c1-3-17-9-11(14)8-13-10-4-6-12(7-5-10)18(2,15)16/h4-7,11,13-14H,3,8-9H2,1-2H3. The highest BCUT2D eigenvalue weighted by atomic mass is 32.2. The first-order chi connectivity index (χ1) is 8.43. The number of hydrogen-bond donors (Lipinski definition) is 2. The first kappa shape index (κ1) is 14.9. The summed E-state index contributed by atoms with van der Waals surface area (Å²) in [4.78, 5) is 0.280. The predicted molar refractivity (Wildman–Crippen MR) is 70.5 cm³/mol. The van der Waals surface area contributed by atoms with Crippen molar-refractivity contribution in [2.45, 2.75) is 17.9 Å². The van der Waals surface area contributed by atoms with Gasteiger partial charge in [-0.15, -0.1) is 0 Å². The van der Waals surface area contributed by atoms with E-state index in [-0.39, 0.29) is 11.5 Å². The molecule has 0 saturated carbocycles. The van der Waals surface area contributed by atoms with Crippen molar-refractivity contribution < 1.29 is 18.3 Å². The fraction of sp³-hybridized carbons (Fsp3) is 0.500. The topological polar surface area (TPSA) is 75.6 Å². The Morgan fingerprint density at radius 2 is 1.94 bits per heavy atom. The minimum Gasteiger partial charge on any atom is -0.389 e. The summed E-state index contributed by atoms with van der Waals surface area (Å²) < 4.78 is 27.6. The van der Waals surface area contributed by atoms with E-state index in [4.69, 9.17) is 4.74 Å². The van der Waals surface area contributed by atoms with Crippen molar-refractivity contribution in [3.8, 4) is 0 Å². The van der Waals surface area contributed by atoms with E-state index in [0.717, 1.165) is 5.69 Å². The molecular weight excluding hydrogens is 254 g/mol. The van der Waals surface area contributed by atoms with E-state index in [1.165, 1.54) is 18.4 Å². The molecule has 1 aromatic rings. The Kier molecular flexibility index (Phi) is 5.58. The second-order valence-corrected chi connectivity index (χ2v) is 6.01. The van der Waals surface area contributed by atoms with E-state index < -0.39 is 15.9 Å². The smallest absolute Gasteiger partial charge is 0.175 e.